The van der Waals surface area contributed by atoms with Crippen molar-refractivity contribution in [1.29, 1.82) is 0 Å². The van der Waals surface area contributed by atoms with Crippen LogP contribution in [0, 0.1) is 29.1 Å². The Balaban J connectivity index is 1.62. The molecule has 0 aromatic rings. The van der Waals surface area contributed by atoms with E-state index in [1.807, 2.05) is 5.57 Å². The molecule has 0 heterocycles. The molecule has 1 nitrogen and oxygen atoms in total. The molecule has 4 rings (SSSR count). The lowest BCUT2D eigenvalue weighted by Gasteiger charge is -2.57. The van der Waals surface area contributed by atoms with Crippen LogP contribution in [0.5, 0.6) is 0 Å². The summed E-state index contributed by atoms with van der Waals surface area (Å²) in [6, 6.07) is 0. The molecule has 4 aliphatic carbocycles. The predicted molar refractivity (Wildman–Crippen MR) is 109 cm³/mol. The maximum atomic E-state index is 7.02. The minimum Gasteiger partial charge on any atom is -0.412 e. The van der Waals surface area contributed by atoms with Crippen molar-refractivity contribution >= 4 is 8.32 Å². The zero-order valence-electron chi connectivity index (χ0n) is 17.4. The van der Waals surface area contributed by atoms with Crippen LogP contribution in [0.3, 0.4) is 0 Å². The molecule has 6 atom stereocenters. The first-order valence-corrected chi connectivity index (χ1v) is 14.6. The van der Waals surface area contributed by atoms with E-state index in [-0.39, 0.29) is 5.60 Å². The maximum Gasteiger partial charge on any atom is 0.184 e. The first-order chi connectivity index (χ1) is 11.8. The van der Waals surface area contributed by atoms with Crippen LogP contribution in [-0.4, -0.2) is 13.9 Å². The summed E-state index contributed by atoms with van der Waals surface area (Å²) in [5.41, 5.74) is 2.46. The van der Waals surface area contributed by atoms with Crippen LogP contribution < -0.4 is 0 Å². The molecule has 0 saturated heterocycles. The molecule has 0 radical (unpaired) electrons. The standard InChI is InChI=1S/C23H40OSi/c1-6-23(24-25(3,4)5)16-14-21-20-12-11-17-9-7-8-10-18(17)19(20)13-15-22(21,23)2/h9,18-21H,6-8,10-16H2,1-5H3. The number of allylic oxidation sites excluding steroid dienone is 2. The lowest BCUT2D eigenvalue weighted by molar-refractivity contribution is -0.108. The third-order valence-electron chi connectivity index (χ3n) is 8.74. The number of hydrogen-bond donors (Lipinski definition) is 0. The Bertz CT molecular complexity index is 547. The van der Waals surface area contributed by atoms with Crippen molar-refractivity contribution < 1.29 is 4.43 Å². The molecule has 0 aliphatic heterocycles. The fraction of sp³-hybridized carbons (Fsp3) is 0.913. The summed E-state index contributed by atoms with van der Waals surface area (Å²) in [5.74, 6) is 3.85. The molecule has 0 spiro atoms. The predicted octanol–water partition coefficient (Wildman–Crippen LogP) is 6.95. The molecule has 4 aliphatic rings. The third kappa shape index (κ3) is 2.81. The molecule has 3 fully saturated rings. The van der Waals surface area contributed by atoms with E-state index >= 15 is 0 Å². The maximum absolute atomic E-state index is 7.02. The lowest BCUT2D eigenvalue weighted by Crippen LogP contribution is -2.56. The highest BCUT2D eigenvalue weighted by Crippen LogP contribution is 2.66. The molecule has 0 amide bonds. The van der Waals surface area contributed by atoms with E-state index in [1.165, 1.54) is 64.2 Å². The van der Waals surface area contributed by atoms with Crippen molar-refractivity contribution in [3.05, 3.63) is 11.6 Å². The average molecular weight is 361 g/mol. The Hall–Kier alpha value is -0.0831. The first kappa shape index (κ1) is 18.3. The molecule has 0 aromatic carbocycles. The second kappa shape index (κ2) is 6.23. The van der Waals surface area contributed by atoms with Crippen LogP contribution >= 0.6 is 0 Å². The molecule has 25 heavy (non-hydrogen) atoms. The Morgan fingerprint density at radius 3 is 2.60 bits per heavy atom. The van der Waals surface area contributed by atoms with Crippen LogP contribution in [0.25, 0.3) is 0 Å². The summed E-state index contributed by atoms with van der Waals surface area (Å²) >= 11 is 0. The second-order valence-electron chi connectivity index (χ2n) is 10.8. The van der Waals surface area contributed by atoms with E-state index in [9.17, 15) is 0 Å². The number of rotatable bonds is 3. The summed E-state index contributed by atoms with van der Waals surface area (Å²) in [6.45, 7) is 12.2. The average Bonchev–Trinajstić information content (AvgIpc) is 2.86. The van der Waals surface area contributed by atoms with Gasteiger partial charge in [0.15, 0.2) is 8.32 Å². The Labute approximate surface area is 157 Å². The van der Waals surface area contributed by atoms with Crippen molar-refractivity contribution in [3.8, 4) is 0 Å². The summed E-state index contributed by atoms with van der Waals surface area (Å²) in [4.78, 5) is 0. The normalized spacial score (nSPS) is 46.8. The molecule has 0 bridgehead atoms. The van der Waals surface area contributed by atoms with E-state index in [1.54, 1.807) is 0 Å². The monoisotopic (exact) mass is 360 g/mol. The zero-order chi connectivity index (χ0) is 17.9. The number of fused-ring (bicyclic) bond motifs is 5. The van der Waals surface area contributed by atoms with E-state index in [4.69, 9.17) is 4.43 Å². The molecular formula is C23H40OSi. The van der Waals surface area contributed by atoms with Gasteiger partial charge in [-0.2, -0.15) is 0 Å². The van der Waals surface area contributed by atoms with Gasteiger partial charge in [-0.1, -0.05) is 25.5 Å². The Morgan fingerprint density at radius 1 is 1.08 bits per heavy atom. The minimum atomic E-state index is -1.52. The molecule has 6 unspecified atom stereocenters. The van der Waals surface area contributed by atoms with Crippen molar-refractivity contribution in [3.63, 3.8) is 0 Å². The summed E-state index contributed by atoms with van der Waals surface area (Å²) < 4.78 is 7.02. The highest BCUT2D eigenvalue weighted by molar-refractivity contribution is 6.69. The van der Waals surface area contributed by atoms with E-state index in [0.717, 1.165) is 23.7 Å². The van der Waals surface area contributed by atoms with Gasteiger partial charge in [0.05, 0.1) is 5.60 Å². The van der Waals surface area contributed by atoms with Crippen LogP contribution in [0.1, 0.15) is 78.1 Å². The molecule has 3 saturated carbocycles. The highest BCUT2D eigenvalue weighted by atomic mass is 28.4. The summed E-state index contributed by atoms with van der Waals surface area (Å²) in [7, 11) is -1.52. The molecule has 2 heteroatoms. The van der Waals surface area contributed by atoms with Gasteiger partial charge in [0.2, 0.25) is 0 Å². The lowest BCUT2D eigenvalue weighted by atomic mass is 9.50. The van der Waals surface area contributed by atoms with Gasteiger partial charge in [-0.15, -0.1) is 0 Å². The molecule has 0 aromatic heterocycles. The molecule has 142 valence electrons. The van der Waals surface area contributed by atoms with Gasteiger partial charge in [-0.3, -0.25) is 0 Å². The van der Waals surface area contributed by atoms with Gasteiger partial charge < -0.3 is 4.43 Å². The van der Waals surface area contributed by atoms with Gasteiger partial charge >= 0.3 is 0 Å². The van der Waals surface area contributed by atoms with E-state index in [0.29, 0.717) is 5.41 Å². The van der Waals surface area contributed by atoms with Gasteiger partial charge in [-0.25, -0.2) is 0 Å². The zero-order valence-corrected chi connectivity index (χ0v) is 18.4. The summed E-state index contributed by atoms with van der Waals surface area (Å²) in [5, 5.41) is 0. The SMILES string of the molecule is CCC1(O[Si](C)(C)C)CCC2C3CCC4=CCCCC4C3CCC21C. The van der Waals surface area contributed by atoms with Crippen LogP contribution in [-0.2, 0) is 4.43 Å². The quantitative estimate of drug-likeness (QED) is 0.391. The largest absolute Gasteiger partial charge is 0.412 e. The van der Waals surface area contributed by atoms with Crippen LogP contribution in [0.4, 0.5) is 0 Å². The van der Waals surface area contributed by atoms with Gasteiger partial charge in [0, 0.05) is 0 Å². The second-order valence-corrected chi connectivity index (χ2v) is 15.3. The van der Waals surface area contributed by atoms with Crippen molar-refractivity contribution in [2.45, 2.75) is 103 Å². The van der Waals surface area contributed by atoms with Gasteiger partial charge in [0.25, 0.3) is 0 Å². The van der Waals surface area contributed by atoms with Gasteiger partial charge in [0.1, 0.15) is 0 Å². The van der Waals surface area contributed by atoms with E-state index in [2.05, 4.69) is 39.6 Å². The highest BCUT2D eigenvalue weighted by Gasteiger charge is 2.63. The minimum absolute atomic E-state index is 0.176. The smallest absolute Gasteiger partial charge is 0.184 e. The van der Waals surface area contributed by atoms with Crippen molar-refractivity contribution in [2.75, 3.05) is 0 Å². The Morgan fingerprint density at radius 2 is 1.88 bits per heavy atom. The van der Waals surface area contributed by atoms with Crippen LogP contribution in [0.2, 0.25) is 19.6 Å². The molecule has 0 N–H and O–H groups in total. The topological polar surface area (TPSA) is 9.23 Å². The fourth-order valence-corrected chi connectivity index (χ4v) is 9.45. The van der Waals surface area contributed by atoms with Crippen LogP contribution in [0.15, 0.2) is 11.6 Å². The number of hydrogen-bond acceptors (Lipinski definition) is 1. The Kier molecular flexibility index (Phi) is 4.55. The van der Waals surface area contributed by atoms with Crippen molar-refractivity contribution in [2.24, 2.45) is 29.1 Å². The third-order valence-corrected chi connectivity index (χ3v) is 9.74. The fourth-order valence-electron chi connectivity index (χ4n) is 7.80. The van der Waals surface area contributed by atoms with Crippen molar-refractivity contribution in [1.82, 2.24) is 0 Å². The summed E-state index contributed by atoms with van der Waals surface area (Å²) in [6.07, 6.45) is 16.6. The van der Waals surface area contributed by atoms with Gasteiger partial charge in [-0.05, 0) is 113 Å². The molecular weight excluding hydrogens is 320 g/mol. The first-order valence-electron chi connectivity index (χ1n) is 11.2. The van der Waals surface area contributed by atoms with E-state index < -0.39 is 8.32 Å².